The molecule has 0 N–H and O–H groups in total. The summed E-state index contributed by atoms with van der Waals surface area (Å²) >= 11 is 1.69. The second-order valence-corrected chi connectivity index (χ2v) is 9.41. The van der Waals surface area contributed by atoms with Crippen molar-refractivity contribution in [2.45, 2.75) is 43.5 Å². The number of rotatable bonds is 5. The standard InChI is InChI=1S/C26H28N2O3S/c1-30-23-13-17-11-12-28(15-18(17)14-24(23)31-2)25(29)16-32-26-19-7-3-5-9-21(19)27-22-10-6-4-8-20(22)26/h3,5,7,9,13-14H,4,6,8,10-12,15-16H2,1-2H3. The number of aryl methyl sites for hydroxylation is 1. The molecule has 2 aromatic carbocycles. The monoisotopic (exact) mass is 448 g/mol. The van der Waals surface area contributed by atoms with E-state index in [2.05, 4.69) is 18.2 Å². The molecule has 32 heavy (non-hydrogen) atoms. The Labute approximate surface area is 193 Å². The number of pyridine rings is 1. The highest BCUT2D eigenvalue weighted by molar-refractivity contribution is 8.00. The van der Waals surface area contributed by atoms with Crippen molar-refractivity contribution in [1.29, 1.82) is 0 Å². The van der Waals surface area contributed by atoms with Crippen LogP contribution in [0.15, 0.2) is 41.3 Å². The van der Waals surface area contributed by atoms with Crippen LogP contribution < -0.4 is 9.47 Å². The molecule has 5 rings (SSSR count). The van der Waals surface area contributed by atoms with E-state index < -0.39 is 0 Å². The topological polar surface area (TPSA) is 51.7 Å². The molecule has 0 spiro atoms. The van der Waals surface area contributed by atoms with Crippen LogP contribution in [0.3, 0.4) is 0 Å². The van der Waals surface area contributed by atoms with Crippen LogP contribution in [0.5, 0.6) is 11.5 Å². The van der Waals surface area contributed by atoms with Crippen molar-refractivity contribution >= 4 is 28.6 Å². The zero-order valence-electron chi connectivity index (χ0n) is 18.6. The smallest absolute Gasteiger partial charge is 0.233 e. The normalized spacial score (nSPS) is 15.2. The molecule has 0 radical (unpaired) electrons. The number of fused-ring (bicyclic) bond motifs is 3. The molecule has 1 amide bonds. The van der Waals surface area contributed by atoms with E-state index in [1.54, 1.807) is 26.0 Å². The van der Waals surface area contributed by atoms with Crippen LogP contribution in [-0.4, -0.2) is 42.3 Å². The predicted molar refractivity (Wildman–Crippen MR) is 128 cm³/mol. The molecule has 1 aromatic heterocycles. The molecule has 0 bridgehead atoms. The predicted octanol–water partition coefficient (Wildman–Crippen LogP) is 4.81. The van der Waals surface area contributed by atoms with E-state index in [4.69, 9.17) is 14.5 Å². The summed E-state index contributed by atoms with van der Waals surface area (Å²) in [4.78, 5) is 21.3. The van der Waals surface area contributed by atoms with Crippen LogP contribution in [0.1, 0.15) is 35.2 Å². The maximum absolute atomic E-state index is 13.2. The van der Waals surface area contributed by atoms with Gasteiger partial charge in [0.2, 0.25) is 5.91 Å². The van der Waals surface area contributed by atoms with E-state index in [1.807, 2.05) is 23.1 Å². The van der Waals surface area contributed by atoms with Gasteiger partial charge in [-0.1, -0.05) is 18.2 Å². The quantitative estimate of drug-likeness (QED) is 0.525. The molecule has 6 heteroatoms. The molecule has 1 aliphatic carbocycles. The van der Waals surface area contributed by atoms with Gasteiger partial charge in [-0.3, -0.25) is 9.78 Å². The Hall–Kier alpha value is -2.73. The lowest BCUT2D eigenvalue weighted by molar-refractivity contribution is -0.129. The van der Waals surface area contributed by atoms with Crippen molar-refractivity contribution in [1.82, 2.24) is 9.88 Å². The fourth-order valence-electron chi connectivity index (χ4n) is 4.81. The number of carbonyl (C=O) groups is 1. The van der Waals surface area contributed by atoms with Crippen molar-refractivity contribution in [2.24, 2.45) is 0 Å². The first-order valence-electron chi connectivity index (χ1n) is 11.2. The summed E-state index contributed by atoms with van der Waals surface area (Å²) in [7, 11) is 3.30. The number of nitrogens with zero attached hydrogens (tertiary/aromatic N) is 2. The zero-order chi connectivity index (χ0) is 22.1. The largest absolute Gasteiger partial charge is 0.493 e. The van der Waals surface area contributed by atoms with Crippen LogP contribution in [0.25, 0.3) is 10.9 Å². The third-order valence-electron chi connectivity index (χ3n) is 6.53. The number of amides is 1. The summed E-state index contributed by atoms with van der Waals surface area (Å²) in [5, 5.41) is 1.17. The maximum Gasteiger partial charge on any atom is 0.233 e. The van der Waals surface area contributed by atoms with E-state index in [-0.39, 0.29) is 5.91 Å². The lowest BCUT2D eigenvalue weighted by Gasteiger charge is -2.30. The van der Waals surface area contributed by atoms with Gasteiger partial charge in [-0.2, -0.15) is 0 Å². The lowest BCUT2D eigenvalue weighted by Crippen LogP contribution is -2.37. The molecule has 0 saturated carbocycles. The van der Waals surface area contributed by atoms with E-state index in [1.165, 1.54) is 39.9 Å². The fourth-order valence-corrected chi connectivity index (χ4v) is 5.99. The highest BCUT2D eigenvalue weighted by atomic mass is 32.2. The Kier molecular flexibility index (Phi) is 5.96. The highest BCUT2D eigenvalue weighted by Crippen LogP contribution is 2.37. The van der Waals surface area contributed by atoms with Gasteiger partial charge in [0.15, 0.2) is 11.5 Å². The highest BCUT2D eigenvalue weighted by Gasteiger charge is 2.24. The summed E-state index contributed by atoms with van der Waals surface area (Å²) < 4.78 is 10.9. The minimum Gasteiger partial charge on any atom is -0.493 e. The van der Waals surface area contributed by atoms with Gasteiger partial charge in [0.25, 0.3) is 0 Å². The number of para-hydroxylation sites is 1. The van der Waals surface area contributed by atoms with Gasteiger partial charge in [0.05, 0.1) is 25.5 Å². The maximum atomic E-state index is 13.2. The fraction of sp³-hybridized carbons (Fsp3) is 0.385. The first kappa shape index (κ1) is 21.1. The number of thioether (sulfide) groups is 1. The molecule has 3 aromatic rings. The summed E-state index contributed by atoms with van der Waals surface area (Å²) in [5.74, 6) is 2.09. The van der Waals surface area contributed by atoms with E-state index in [9.17, 15) is 4.79 Å². The molecule has 166 valence electrons. The van der Waals surface area contributed by atoms with Crippen LogP contribution in [-0.2, 0) is 30.6 Å². The Bertz CT molecular complexity index is 1180. The molecule has 1 aliphatic heterocycles. The van der Waals surface area contributed by atoms with Crippen LogP contribution in [0.4, 0.5) is 0 Å². The van der Waals surface area contributed by atoms with Gasteiger partial charge < -0.3 is 14.4 Å². The number of ether oxygens (including phenoxy) is 2. The summed E-state index contributed by atoms with van der Waals surface area (Å²) in [6, 6.07) is 12.4. The van der Waals surface area contributed by atoms with E-state index >= 15 is 0 Å². The molecule has 2 heterocycles. The summed E-state index contributed by atoms with van der Waals surface area (Å²) in [6.45, 7) is 1.35. The summed E-state index contributed by atoms with van der Waals surface area (Å²) in [6.07, 6.45) is 5.32. The Morgan fingerprint density at radius 1 is 1.03 bits per heavy atom. The van der Waals surface area contributed by atoms with Crippen LogP contribution >= 0.6 is 11.8 Å². The molecule has 5 nitrogen and oxygen atoms in total. The third kappa shape index (κ3) is 3.92. The second kappa shape index (κ2) is 9.02. The number of methoxy groups -OCH3 is 2. The van der Waals surface area contributed by atoms with Crippen molar-refractivity contribution in [2.75, 3.05) is 26.5 Å². The van der Waals surface area contributed by atoms with Gasteiger partial charge in [-0.25, -0.2) is 0 Å². The summed E-state index contributed by atoms with van der Waals surface area (Å²) in [5.41, 5.74) is 5.98. The minimum absolute atomic E-state index is 0.181. The van der Waals surface area contributed by atoms with Crippen LogP contribution in [0, 0.1) is 0 Å². The second-order valence-electron chi connectivity index (χ2n) is 8.42. The van der Waals surface area contributed by atoms with Gasteiger partial charge in [0.1, 0.15) is 0 Å². The number of benzene rings is 2. The Morgan fingerprint density at radius 3 is 2.59 bits per heavy atom. The Balaban J connectivity index is 1.36. The first-order chi connectivity index (χ1) is 15.7. The molecule has 0 atom stereocenters. The van der Waals surface area contributed by atoms with Crippen molar-refractivity contribution in [3.8, 4) is 11.5 Å². The first-order valence-corrected chi connectivity index (χ1v) is 12.2. The minimum atomic E-state index is 0.181. The van der Waals surface area contributed by atoms with Crippen molar-refractivity contribution < 1.29 is 14.3 Å². The van der Waals surface area contributed by atoms with Gasteiger partial charge in [0, 0.05) is 29.1 Å². The SMILES string of the molecule is COc1cc2c(cc1OC)CN(C(=O)CSc1c3c(nc4ccccc14)CCCC3)CC2. The number of carbonyl (C=O) groups excluding carboxylic acids is 1. The van der Waals surface area contributed by atoms with Crippen molar-refractivity contribution in [3.05, 3.63) is 58.8 Å². The zero-order valence-corrected chi connectivity index (χ0v) is 19.5. The Morgan fingerprint density at radius 2 is 1.78 bits per heavy atom. The number of hydrogen-bond donors (Lipinski definition) is 0. The average molecular weight is 449 g/mol. The molecule has 0 fully saturated rings. The third-order valence-corrected chi connectivity index (χ3v) is 7.67. The molecular formula is C26H28N2O3S. The number of hydrogen-bond acceptors (Lipinski definition) is 5. The lowest BCUT2D eigenvalue weighted by atomic mass is 9.94. The molecule has 2 aliphatic rings. The molecule has 0 unspecified atom stereocenters. The average Bonchev–Trinajstić information content (AvgIpc) is 2.85. The van der Waals surface area contributed by atoms with Crippen molar-refractivity contribution in [3.63, 3.8) is 0 Å². The molecule has 0 saturated heterocycles. The van der Waals surface area contributed by atoms with Gasteiger partial charge in [-0.05, 0) is 67.0 Å². The van der Waals surface area contributed by atoms with Gasteiger partial charge >= 0.3 is 0 Å². The van der Waals surface area contributed by atoms with Crippen LogP contribution in [0.2, 0.25) is 0 Å². The van der Waals surface area contributed by atoms with Gasteiger partial charge in [-0.15, -0.1) is 11.8 Å². The van der Waals surface area contributed by atoms with E-state index in [0.29, 0.717) is 18.0 Å². The molecular weight excluding hydrogens is 420 g/mol. The number of aromatic nitrogens is 1. The van der Waals surface area contributed by atoms with E-state index in [0.717, 1.165) is 42.6 Å².